The summed E-state index contributed by atoms with van der Waals surface area (Å²) in [5.74, 6) is 0. The lowest BCUT2D eigenvalue weighted by Gasteiger charge is -2.21. The average Bonchev–Trinajstić information content (AvgIpc) is 2.37. The molecule has 0 aliphatic carbocycles. The molecule has 0 amide bonds. The molecule has 1 aromatic carbocycles. The molecule has 0 saturated heterocycles. The van der Waals surface area contributed by atoms with E-state index < -0.39 is 0 Å². The van der Waals surface area contributed by atoms with E-state index in [1.807, 2.05) is 32.0 Å². The molecule has 0 heterocycles. The van der Waals surface area contributed by atoms with Crippen molar-refractivity contribution in [2.24, 2.45) is 0 Å². The summed E-state index contributed by atoms with van der Waals surface area (Å²) in [4.78, 5) is 0. The highest BCUT2D eigenvalue weighted by atomic mass is 35.5. The van der Waals surface area contributed by atoms with E-state index in [1.165, 1.54) is 0 Å². The first-order chi connectivity index (χ1) is 9.04. The second kappa shape index (κ2) is 8.80. The molecule has 1 atom stereocenters. The summed E-state index contributed by atoms with van der Waals surface area (Å²) >= 11 is 12.3. The van der Waals surface area contributed by atoms with Gasteiger partial charge in [0.1, 0.15) is 0 Å². The molecular weight excluding hydrogens is 281 g/mol. The van der Waals surface area contributed by atoms with E-state index >= 15 is 0 Å². The first-order valence-electron chi connectivity index (χ1n) is 6.82. The van der Waals surface area contributed by atoms with Crippen LogP contribution in [0.1, 0.15) is 32.8 Å². The average molecular weight is 304 g/mol. The van der Waals surface area contributed by atoms with Gasteiger partial charge in [-0.2, -0.15) is 0 Å². The van der Waals surface area contributed by atoms with Gasteiger partial charge in [0.2, 0.25) is 0 Å². The van der Waals surface area contributed by atoms with Crippen LogP contribution in [0.15, 0.2) is 18.2 Å². The van der Waals surface area contributed by atoms with E-state index in [1.54, 1.807) is 0 Å². The molecule has 19 heavy (non-hydrogen) atoms. The topological polar surface area (TPSA) is 21.3 Å². The van der Waals surface area contributed by atoms with Crippen LogP contribution in [0, 0.1) is 0 Å². The summed E-state index contributed by atoms with van der Waals surface area (Å²) in [6.45, 7) is 7.90. The molecule has 0 spiro atoms. The van der Waals surface area contributed by atoms with E-state index in [0.29, 0.717) is 16.7 Å². The number of rotatable bonds is 8. The molecule has 2 nitrogen and oxygen atoms in total. The molecule has 0 bridgehead atoms. The first-order valence-corrected chi connectivity index (χ1v) is 7.58. The summed E-state index contributed by atoms with van der Waals surface area (Å²) in [6.07, 6.45) is 2.16. The minimum Gasteiger partial charge on any atom is -0.377 e. The molecule has 1 N–H and O–H groups in total. The normalized spacial score (nSPS) is 12.9. The number of benzene rings is 1. The number of hydrogen-bond acceptors (Lipinski definition) is 2. The van der Waals surface area contributed by atoms with Crippen LogP contribution >= 0.6 is 23.2 Å². The van der Waals surface area contributed by atoms with Gasteiger partial charge in [-0.05, 0) is 44.9 Å². The number of halogens is 2. The predicted octanol–water partition coefficient (Wildman–Crippen LogP) is 4.33. The molecule has 0 aliphatic rings. The Labute approximate surface area is 126 Å². The minimum atomic E-state index is 0.237. The van der Waals surface area contributed by atoms with E-state index in [0.717, 1.165) is 24.9 Å². The summed E-state index contributed by atoms with van der Waals surface area (Å²) in [5.41, 5.74) is 1.06. The predicted molar refractivity (Wildman–Crippen MR) is 83.3 cm³/mol. The fourth-order valence-corrected chi connectivity index (χ4v) is 2.22. The Morgan fingerprint density at radius 2 is 2.00 bits per heavy atom. The van der Waals surface area contributed by atoms with Crippen molar-refractivity contribution in [3.8, 4) is 0 Å². The Bertz CT molecular complexity index is 382. The van der Waals surface area contributed by atoms with Gasteiger partial charge in [-0.3, -0.25) is 0 Å². The van der Waals surface area contributed by atoms with Gasteiger partial charge in [0, 0.05) is 6.04 Å². The maximum absolute atomic E-state index is 6.23. The first kappa shape index (κ1) is 16.8. The summed E-state index contributed by atoms with van der Waals surface area (Å²) in [5, 5.41) is 4.75. The van der Waals surface area contributed by atoms with Crippen molar-refractivity contribution in [1.29, 1.82) is 0 Å². The molecule has 0 saturated carbocycles. The quantitative estimate of drug-likeness (QED) is 0.772. The maximum Gasteiger partial charge on any atom is 0.0626 e. The van der Waals surface area contributed by atoms with Crippen LogP contribution in [-0.4, -0.2) is 25.3 Å². The summed E-state index contributed by atoms with van der Waals surface area (Å²) in [6, 6.07) is 6.03. The summed E-state index contributed by atoms with van der Waals surface area (Å²) < 4.78 is 5.70. The number of ether oxygens (including phenoxy) is 1. The molecule has 0 fully saturated rings. The van der Waals surface area contributed by atoms with Gasteiger partial charge in [0.15, 0.2) is 0 Å². The van der Waals surface area contributed by atoms with Crippen LogP contribution in [0.5, 0.6) is 0 Å². The zero-order chi connectivity index (χ0) is 14.3. The van der Waals surface area contributed by atoms with Crippen LogP contribution in [0.2, 0.25) is 10.0 Å². The number of nitrogens with one attached hydrogen (secondary N) is 1. The SMILES string of the molecule is CCCNC(COC(C)C)Cc1cccc(Cl)c1Cl. The summed E-state index contributed by atoms with van der Waals surface area (Å²) in [7, 11) is 0. The third-order valence-electron chi connectivity index (χ3n) is 2.81. The van der Waals surface area contributed by atoms with E-state index in [9.17, 15) is 0 Å². The molecule has 0 aliphatic heterocycles. The second-order valence-electron chi connectivity index (χ2n) is 4.95. The van der Waals surface area contributed by atoms with Crippen molar-refractivity contribution in [3.05, 3.63) is 33.8 Å². The Morgan fingerprint density at radius 3 is 2.63 bits per heavy atom. The van der Waals surface area contributed by atoms with Crippen LogP contribution in [0.4, 0.5) is 0 Å². The van der Waals surface area contributed by atoms with Gasteiger partial charge in [-0.25, -0.2) is 0 Å². The van der Waals surface area contributed by atoms with Crippen LogP contribution < -0.4 is 5.32 Å². The lowest BCUT2D eigenvalue weighted by atomic mass is 10.1. The van der Waals surface area contributed by atoms with Crippen LogP contribution in [0.3, 0.4) is 0 Å². The Kier molecular flexibility index (Phi) is 7.77. The lowest BCUT2D eigenvalue weighted by Crippen LogP contribution is -2.36. The minimum absolute atomic E-state index is 0.237. The molecule has 1 aromatic rings. The number of hydrogen-bond donors (Lipinski definition) is 1. The lowest BCUT2D eigenvalue weighted by molar-refractivity contribution is 0.0613. The van der Waals surface area contributed by atoms with Gasteiger partial charge in [-0.1, -0.05) is 42.3 Å². The van der Waals surface area contributed by atoms with Gasteiger partial charge < -0.3 is 10.1 Å². The fraction of sp³-hybridized carbons (Fsp3) is 0.600. The zero-order valence-electron chi connectivity index (χ0n) is 11.9. The van der Waals surface area contributed by atoms with Gasteiger partial charge in [-0.15, -0.1) is 0 Å². The molecular formula is C15H23Cl2NO. The van der Waals surface area contributed by atoms with Gasteiger partial charge in [0.05, 0.1) is 22.8 Å². The Hall–Kier alpha value is -0.280. The van der Waals surface area contributed by atoms with Crippen molar-refractivity contribution in [1.82, 2.24) is 5.32 Å². The third kappa shape index (κ3) is 6.13. The van der Waals surface area contributed by atoms with E-state index in [2.05, 4.69) is 12.2 Å². The van der Waals surface area contributed by atoms with Crippen molar-refractivity contribution >= 4 is 23.2 Å². The third-order valence-corrected chi connectivity index (χ3v) is 3.67. The molecule has 1 rings (SSSR count). The Morgan fingerprint density at radius 1 is 1.26 bits per heavy atom. The zero-order valence-corrected chi connectivity index (χ0v) is 13.4. The molecule has 108 valence electrons. The van der Waals surface area contributed by atoms with Gasteiger partial charge in [0.25, 0.3) is 0 Å². The fourth-order valence-electron chi connectivity index (χ4n) is 1.82. The standard InChI is InChI=1S/C15H23Cl2NO/c1-4-8-18-13(10-19-11(2)3)9-12-6-5-7-14(16)15(12)17/h5-7,11,13,18H,4,8-10H2,1-3H3. The highest BCUT2D eigenvalue weighted by molar-refractivity contribution is 6.42. The van der Waals surface area contributed by atoms with E-state index in [-0.39, 0.29) is 12.1 Å². The molecule has 4 heteroatoms. The maximum atomic E-state index is 6.23. The van der Waals surface area contributed by atoms with Crippen molar-refractivity contribution in [2.45, 2.75) is 45.8 Å². The van der Waals surface area contributed by atoms with Gasteiger partial charge >= 0.3 is 0 Å². The van der Waals surface area contributed by atoms with Crippen molar-refractivity contribution in [2.75, 3.05) is 13.2 Å². The van der Waals surface area contributed by atoms with Crippen molar-refractivity contribution in [3.63, 3.8) is 0 Å². The largest absolute Gasteiger partial charge is 0.377 e. The Balaban J connectivity index is 2.66. The van der Waals surface area contributed by atoms with E-state index in [4.69, 9.17) is 27.9 Å². The molecule has 1 unspecified atom stereocenters. The monoisotopic (exact) mass is 303 g/mol. The smallest absolute Gasteiger partial charge is 0.0626 e. The van der Waals surface area contributed by atoms with Crippen LogP contribution in [0.25, 0.3) is 0 Å². The highest BCUT2D eigenvalue weighted by Gasteiger charge is 2.13. The highest BCUT2D eigenvalue weighted by Crippen LogP contribution is 2.26. The van der Waals surface area contributed by atoms with Crippen molar-refractivity contribution < 1.29 is 4.74 Å². The van der Waals surface area contributed by atoms with Crippen LogP contribution in [-0.2, 0) is 11.2 Å². The second-order valence-corrected chi connectivity index (χ2v) is 5.74. The molecule has 0 radical (unpaired) electrons. The molecule has 0 aromatic heterocycles.